The number of amides is 1. The highest BCUT2D eigenvalue weighted by Gasteiger charge is 2.35. The van der Waals surface area contributed by atoms with Gasteiger partial charge in [0.2, 0.25) is 5.91 Å². The Morgan fingerprint density at radius 2 is 1.96 bits per heavy atom. The second kappa shape index (κ2) is 9.06. The van der Waals surface area contributed by atoms with Gasteiger partial charge in [-0.25, -0.2) is 8.78 Å². The molecule has 4 nitrogen and oxygen atoms in total. The lowest BCUT2D eigenvalue weighted by atomic mass is 9.80. The SMILES string of the molecule is COCNC(=O)[C@@H]1CCN(Cc2ccccc2)C[C@@H]1c1ccc(F)c(F)c1. The fourth-order valence-electron chi connectivity index (χ4n) is 3.67. The molecule has 3 rings (SSSR count). The number of nitrogens with zero attached hydrogens (tertiary/aromatic N) is 1. The minimum atomic E-state index is -0.885. The Bertz CT molecular complexity index is 770. The predicted octanol–water partition coefficient (Wildman–Crippen LogP) is 3.29. The molecule has 1 aliphatic rings. The number of carbonyl (C=O) groups is 1. The third kappa shape index (κ3) is 4.90. The van der Waals surface area contributed by atoms with E-state index in [1.165, 1.54) is 18.7 Å². The lowest BCUT2D eigenvalue weighted by Gasteiger charge is -2.38. The zero-order chi connectivity index (χ0) is 19.2. The third-order valence-electron chi connectivity index (χ3n) is 5.05. The van der Waals surface area contributed by atoms with Crippen LogP contribution in [0.4, 0.5) is 8.78 Å². The summed E-state index contributed by atoms with van der Waals surface area (Å²) >= 11 is 0. The van der Waals surface area contributed by atoms with Crippen molar-refractivity contribution in [2.24, 2.45) is 5.92 Å². The maximum atomic E-state index is 13.8. The highest BCUT2D eigenvalue weighted by molar-refractivity contribution is 5.79. The van der Waals surface area contributed by atoms with Crippen molar-refractivity contribution in [3.8, 4) is 0 Å². The summed E-state index contributed by atoms with van der Waals surface area (Å²) in [6.07, 6.45) is 0.645. The van der Waals surface area contributed by atoms with Crippen LogP contribution in [0.2, 0.25) is 0 Å². The smallest absolute Gasteiger partial charge is 0.225 e. The summed E-state index contributed by atoms with van der Waals surface area (Å²) in [5.74, 6) is -2.41. The minimum absolute atomic E-state index is 0.119. The molecule has 0 spiro atoms. The Hall–Kier alpha value is -2.31. The minimum Gasteiger partial charge on any atom is -0.364 e. The number of nitrogens with one attached hydrogen (secondary N) is 1. The van der Waals surface area contributed by atoms with Crippen molar-refractivity contribution in [2.75, 3.05) is 26.9 Å². The predicted molar refractivity (Wildman–Crippen MR) is 98.9 cm³/mol. The molecule has 0 aromatic heterocycles. The quantitative estimate of drug-likeness (QED) is 0.789. The second-order valence-corrected chi connectivity index (χ2v) is 6.87. The number of carbonyl (C=O) groups excluding carboxylic acids is 1. The second-order valence-electron chi connectivity index (χ2n) is 6.87. The number of hydrogen-bond donors (Lipinski definition) is 1. The zero-order valence-corrected chi connectivity index (χ0v) is 15.3. The Kier molecular flexibility index (Phi) is 6.53. The standard InChI is InChI=1S/C21H24F2N2O2/c1-27-14-24-21(26)17-9-10-25(12-15-5-3-2-4-6-15)13-18(17)16-7-8-19(22)20(23)11-16/h2-8,11,17-18H,9-10,12-14H2,1H3,(H,24,26)/t17-,18-/m1/s1. The van der Waals surface area contributed by atoms with Crippen LogP contribution in [0.1, 0.15) is 23.5 Å². The summed E-state index contributed by atoms with van der Waals surface area (Å²) in [7, 11) is 1.51. The van der Waals surface area contributed by atoms with E-state index in [2.05, 4.69) is 22.3 Å². The monoisotopic (exact) mass is 374 g/mol. The number of likely N-dealkylation sites (tertiary alicyclic amines) is 1. The van der Waals surface area contributed by atoms with Gasteiger partial charge in [-0.3, -0.25) is 9.69 Å². The molecule has 0 saturated carbocycles. The van der Waals surface area contributed by atoms with Crippen LogP contribution in [-0.2, 0) is 16.1 Å². The van der Waals surface area contributed by atoms with Gasteiger partial charge in [0.05, 0.1) is 0 Å². The van der Waals surface area contributed by atoms with Crippen LogP contribution in [0.5, 0.6) is 0 Å². The number of ether oxygens (including phenoxy) is 1. The fourth-order valence-corrected chi connectivity index (χ4v) is 3.67. The van der Waals surface area contributed by atoms with Crippen molar-refractivity contribution in [1.29, 1.82) is 0 Å². The molecule has 6 heteroatoms. The number of benzene rings is 2. The Balaban J connectivity index is 1.80. The van der Waals surface area contributed by atoms with E-state index in [1.807, 2.05) is 18.2 Å². The molecule has 2 aromatic rings. The van der Waals surface area contributed by atoms with Crippen LogP contribution < -0.4 is 5.32 Å². The van der Waals surface area contributed by atoms with Crippen LogP contribution in [0, 0.1) is 17.6 Å². The van der Waals surface area contributed by atoms with Gasteiger partial charge in [-0.05, 0) is 36.2 Å². The molecule has 1 N–H and O–H groups in total. The van der Waals surface area contributed by atoms with Gasteiger partial charge in [0, 0.05) is 32.0 Å². The summed E-state index contributed by atoms with van der Waals surface area (Å²) in [6.45, 7) is 2.26. The molecule has 1 aliphatic heterocycles. The summed E-state index contributed by atoms with van der Waals surface area (Å²) < 4.78 is 32.1. The Morgan fingerprint density at radius 3 is 2.67 bits per heavy atom. The average molecular weight is 374 g/mol. The molecular weight excluding hydrogens is 350 g/mol. The first kappa shape index (κ1) is 19.5. The molecule has 2 atom stereocenters. The first-order valence-corrected chi connectivity index (χ1v) is 9.06. The van der Waals surface area contributed by atoms with Crippen LogP contribution in [0.3, 0.4) is 0 Å². The van der Waals surface area contributed by atoms with Crippen molar-refractivity contribution >= 4 is 5.91 Å². The van der Waals surface area contributed by atoms with Gasteiger partial charge in [0.15, 0.2) is 11.6 Å². The number of rotatable bonds is 6. The summed E-state index contributed by atoms with van der Waals surface area (Å²) in [5, 5.41) is 2.74. The largest absolute Gasteiger partial charge is 0.364 e. The highest BCUT2D eigenvalue weighted by atomic mass is 19.2. The van der Waals surface area contributed by atoms with Crippen LogP contribution in [0.15, 0.2) is 48.5 Å². The van der Waals surface area contributed by atoms with E-state index in [0.29, 0.717) is 18.5 Å². The van der Waals surface area contributed by atoms with Gasteiger partial charge in [0.25, 0.3) is 0 Å². The first-order valence-electron chi connectivity index (χ1n) is 9.06. The molecule has 144 valence electrons. The molecule has 1 amide bonds. The van der Waals surface area contributed by atoms with Crippen LogP contribution in [0.25, 0.3) is 0 Å². The van der Waals surface area contributed by atoms with Crippen LogP contribution >= 0.6 is 0 Å². The number of hydrogen-bond acceptors (Lipinski definition) is 3. The van der Waals surface area contributed by atoms with Crippen molar-refractivity contribution in [2.45, 2.75) is 18.9 Å². The van der Waals surface area contributed by atoms with Gasteiger partial charge < -0.3 is 10.1 Å². The molecule has 1 fully saturated rings. The lowest BCUT2D eigenvalue weighted by Crippen LogP contribution is -2.45. The summed E-state index contributed by atoms with van der Waals surface area (Å²) in [5.41, 5.74) is 1.83. The van der Waals surface area contributed by atoms with Gasteiger partial charge in [-0.15, -0.1) is 0 Å². The summed E-state index contributed by atoms with van der Waals surface area (Å²) in [6, 6.07) is 14.0. The molecule has 1 heterocycles. The average Bonchev–Trinajstić information content (AvgIpc) is 2.69. The van der Waals surface area contributed by atoms with Crippen molar-refractivity contribution in [1.82, 2.24) is 10.2 Å². The Labute approximate surface area is 158 Å². The number of halogens is 2. The topological polar surface area (TPSA) is 41.6 Å². The van der Waals surface area contributed by atoms with Crippen molar-refractivity contribution in [3.05, 3.63) is 71.3 Å². The van der Waals surface area contributed by atoms with Gasteiger partial charge in [-0.1, -0.05) is 36.4 Å². The number of methoxy groups -OCH3 is 1. The van der Waals surface area contributed by atoms with Crippen molar-refractivity contribution < 1.29 is 18.3 Å². The van der Waals surface area contributed by atoms with E-state index in [1.54, 1.807) is 6.07 Å². The molecule has 0 bridgehead atoms. The third-order valence-corrected chi connectivity index (χ3v) is 5.05. The molecule has 2 aromatic carbocycles. The molecule has 0 unspecified atom stereocenters. The normalized spacial score (nSPS) is 20.4. The van der Waals surface area contributed by atoms with E-state index in [4.69, 9.17) is 4.74 Å². The maximum Gasteiger partial charge on any atom is 0.225 e. The fraction of sp³-hybridized carbons (Fsp3) is 0.381. The van der Waals surface area contributed by atoms with Crippen LogP contribution in [-0.4, -0.2) is 37.7 Å². The van der Waals surface area contributed by atoms with E-state index in [0.717, 1.165) is 19.2 Å². The Morgan fingerprint density at radius 1 is 1.19 bits per heavy atom. The van der Waals surface area contributed by atoms with E-state index in [-0.39, 0.29) is 24.5 Å². The lowest BCUT2D eigenvalue weighted by molar-refractivity contribution is -0.128. The van der Waals surface area contributed by atoms with Gasteiger partial charge >= 0.3 is 0 Å². The van der Waals surface area contributed by atoms with Crippen molar-refractivity contribution in [3.63, 3.8) is 0 Å². The maximum absolute atomic E-state index is 13.8. The molecule has 0 radical (unpaired) electrons. The first-order chi connectivity index (χ1) is 13.1. The van der Waals surface area contributed by atoms with Gasteiger partial charge in [0.1, 0.15) is 6.73 Å². The summed E-state index contributed by atoms with van der Waals surface area (Å²) in [4.78, 5) is 14.8. The highest BCUT2D eigenvalue weighted by Crippen LogP contribution is 2.34. The van der Waals surface area contributed by atoms with E-state index < -0.39 is 11.6 Å². The van der Waals surface area contributed by atoms with E-state index in [9.17, 15) is 13.6 Å². The molecule has 0 aliphatic carbocycles. The zero-order valence-electron chi connectivity index (χ0n) is 15.3. The number of piperidine rings is 1. The molecular formula is C21H24F2N2O2. The van der Waals surface area contributed by atoms with Gasteiger partial charge in [-0.2, -0.15) is 0 Å². The molecule has 1 saturated heterocycles. The molecule has 27 heavy (non-hydrogen) atoms. The van der Waals surface area contributed by atoms with E-state index >= 15 is 0 Å².